The Balaban J connectivity index is 0.00000320. The summed E-state index contributed by atoms with van der Waals surface area (Å²) in [4.78, 5) is 9.35. The normalized spacial score (nSPS) is 15.7. The smallest absolute Gasteiger partial charge is 0.191 e. The number of guanidine groups is 1. The Kier molecular flexibility index (Phi) is 9.67. The Labute approximate surface area is 195 Å². The summed E-state index contributed by atoms with van der Waals surface area (Å²) in [5.41, 5.74) is 1.07. The van der Waals surface area contributed by atoms with Crippen molar-refractivity contribution in [3.05, 3.63) is 35.4 Å². The van der Waals surface area contributed by atoms with Crippen molar-refractivity contribution in [2.24, 2.45) is 4.99 Å². The highest BCUT2D eigenvalue weighted by molar-refractivity contribution is 14.0. The first-order valence-corrected chi connectivity index (χ1v) is 10.4. The molecule has 0 spiro atoms. The predicted octanol–water partition coefficient (Wildman–Crippen LogP) is 2.94. The van der Waals surface area contributed by atoms with Crippen molar-refractivity contribution in [2.75, 3.05) is 20.3 Å². The summed E-state index contributed by atoms with van der Waals surface area (Å²) < 4.78 is 13.1. The van der Waals surface area contributed by atoms with Gasteiger partial charge in [0.25, 0.3) is 0 Å². The lowest BCUT2D eigenvalue weighted by molar-refractivity contribution is 0.310. The quantitative estimate of drug-likeness (QED) is 0.312. The van der Waals surface area contributed by atoms with E-state index in [4.69, 9.17) is 14.5 Å². The fourth-order valence-corrected chi connectivity index (χ4v) is 3.40. The number of aliphatic imine (C=N–C) groups is 1. The second kappa shape index (κ2) is 12.0. The molecule has 0 saturated carbocycles. The van der Waals surface area contributed by atoms with Crippen LogP contribution in [-0.2, 0) is 25.9 Å². The molecule has 8 nitrogen and oxygen atoms in total. The summed E-state index contributed by atoms with van der Waals surface area (Å²) in [6.45, 7) is 8.89. The standard InChI is InChI=1S/C21H32N6O2.HI/c1-5-19-25-20-11-9-16(14-27(20)26-19)24-21(22-6-2)23-13-15-8-10-17(28-4)18(12-15)29-7-3;/h8,10,12,16H,5-7,9,11,13-14H2,1-4H3,(H2,22,23,24);1H. The Morgan fingerprint density at radius 1 is 1.27 bits per heavy atom. The molecule has 1 aliphatic heterocycles. The van der Waals surface area contributed by atoms with Crippen LogP contribution >= 0.6 is 24.0 Å². The fraction of sp³-hybridized carbons (Fsp3) is 0.571. The van der Waals surface area contributed by atoms with Crippen LogP contribution in [0.1, 0.15) is 44.4 Å². The van der Waals surface area contributed by atoms with Gasteiger partial charge in [-0.1, -0.05) is 13.0 Å². The van der Waals surface area contributed by atoms with E-state index in [-0.39, 0.29) is 30.0 Å². The molecule has 2 N–H and O–H groups in total. The second-order valence-corrected chi connectivity index (χ2v) is 6.97. The average Bonchev–Trinajstić information content (AvgIpc) is 3.15. The number of hydrogen-bond acceptors (Lipinski definition) is 5. The zero-order chi connectivity index (χ0) is 20.6. The minimum Gasteiger partial charge on any atom is -0.493 e. The van der Waals surface area contributed by atoms with Gasteiger partial charge in [0.05, 0.1) is 26.8 Å². The Bertz CT molecular complexity index is 839. The molecule has 2 aromatic rings. The molecular formula is C21H33IN6O2. The highest BCUT2D eigenvalue weighted by Crippen LogP contribution is 2.28. The highest BCUT2D eigenvalue weighted by Gasteiger charge is 2.22. The molecule has 3 rings (SSSR count). The van der Waals surface area contributed by atoms with Crippen LogP contribution in [0.25, 0.3) is 0 Å². The van der Waals surface area contributed by atoms with E-state index in [1.807, 2.05) is 29.8 Å². The van der Waals surface area contributed by atoms with Gasteiger partial charge in [-0.25, -0.2) is 14.7 Å². The lowest BCUT2D eigenvalue weighted by Gasteiger charge is -2.25. The third-order valence-electron chi connectivity index (χ3n) is 4.85. The Hall–Kier alpha value is -2.04. The first-order chi connectivity index (χ1) is 14.2. The molecular weight excluding hydrogens is 495 g/mol. The van der Waals surface area contributed by atoms with Gasteiger partial charge in [0.15, 0.2) is 23.3 Å². The summed E-state index contributed by atoms with van der Waals surface area (Å²) >= 11 is 0. The minimum absolute atomic E-state index is 0. The van der Waals surface area contributed by atoms with Crippen LogP contribution in [0.4, 0.5) is 0 Å². The van der Waals surface area contributed by atoms with E-state index in [0.717, 1.165) is 67.0 Å². The molecule has 1 aromatic carbocycles. The molecule has 1 aromatic heterocycles. The van der Waals surface area contributed by atoms with Crippen molar-refractivity contribution >= 4 is 29.9 Å². The monoisotopic (exact) mass is 528 g/mol. The highest BCUT2D eigenvalue weighted by atomic mass is 127. The van der Waals surface area contributed by atoms with Crippen LogP contribution in [0.2, 0.25) is 0 Å². The van der Waals surface area contributed by atoms with Gasteiger partial charge in [-0.05, 0) is 38.0 Å². The second-order valence-electron chi connectivity index (χ2n) is 6.97. The lowest BCUT2D eigenvalue weighted by atomic mass is 10.1. The molecule has 0 bridgehead atoms. The largest absolute Gasteiger partial charge is 0.493 e. The number of methoxy groups -OCH3 is 1. The van der Waals surface area contributed by atoms with Gasteiger partial charge in [-0.2, -0.15) is 5.10 Å². The number of rotatable bonds is 8. The molecule has 166 valence electrons. The summed E-state index contributed by atoms with van der Waals surface area (Å²) in [6, 6.07) is 6.21. The summed E-state index contributed by atoms with van der Waals surface area (Å²) in [5, 5.41) is 11.5. The molecule has 1 unspecified atom stereocenters. The average molecular weight is 528 g/mol. The SMILES string of the molecule is CCNC(=NCc1ccc(OC)c(OCC)c1)NC1CCc2nc(CC)nn2C1.I. The zero-order valence-corrected chi connectivity index (χ0v) is 20.6. The number of fused-ring (bicyclic) bond motifs is 1. The topological polar surface area (TPSA) is 85.6 Å². The maximum absolute atomic E-state index is 5.67. The summed E-state index contributed by atoms with van der Waals surface area (Å²) in [5.74, 6) is 4.31. The van der Waals surface area contributed by atoms with E-state index in [9.17, 15) is 0 Å². The van der Waals surface area contributed by atoms with Crippen molar-refractivity contribution in [1.29, 1.82) is 0 Å². The molecule has 0 fully saturated rings. The number of benzene rings is 1. The van der Waals surface area contributed by atoms with E-state index in [1.165, 1.54) is 0 Å². The number of aryl methyl sites for hydroxylation is 2. The van der Waals surface area contributed by atoms with Crippen molar-refractivity contribution in [3.63, 3.8) is 0 Å². The van der Waals surface area contributed by atoms with Crippen molar-refractivity contribution in [3.8, 4) is 11.5 Å². The third kappa shape index (κ3) is 6.23. The van der Waals surface area contributed by atoms with E-state index in [0.29, 0.717) is 13.2 Å². The van der Waals surface area contributed by atoms with Crippen molar-refractivity contribution < 1.29 is 9.47 Å². The molecule has 1 atom stereocenters. The van der Waals surface area contributed by atoms with Crippen molar-refractivity contribution in [2.45, 2.75) is 59.2 Å². The first kappa shape index (κ1) is 24.2. The number of aromatic nitrogens is 3. The van der Waals surface area contributed by atoms with E-state index < -0.39 is 0 Å². The van der Waals surface area contributed by atoms with Crippen LogP contribution in [0, 0.1) is 0 Å². The van der Waals surface area contributed by atoms with Crippen LogP contribution in [0.3, 0.4) is 0 Å². The molecule has 0 radical (unpaired) electrons. The zero-order valence-electron chi connectivity index (χ0n) is 18.3. The van der Waals surface area contributed by atoms with Gasteiger partial charge in [0.2, 0.25) is 0 Å². The number of halogens is 1. The molecule has 0 saturated heterocycles. The van der Waals surface area contributed by atoms with Crippen molar-refractivity contribution in [1.82, 2.24) is 25.4 Å². The van der Waals surface area contributed by atoms with Crippen LogP contribution in [0.5, 0.6) is 11.5 Å². The number of nitrogens with one attached hydrogen (secondary N) is 2. The Morgan fingerprint density at radius 3 is 2.80 bits per heavy atom. The molecule has 0 aliphatic carbocycles. The van der Waals surface area contributed by atoms with Crippen LogP contribution in [0.15, 0.2) is 23.2 Å². The molecule has 0 amide bonds. The first-order valence-electron chi connectivity index (χ1n) is 10.4. The van der Waals surface area contributed by atoms with Gasteiger partial charge in [0, 0.05) is 25.4 Å². The number of nitrogens with zero attached hydrogens (tertiary/aromatic N) is 4. The lowest BCUT2D eigenvalue weighted by Crippen LogP contribution is -2.47. The van der Waals surface area contributed by atoms with Gasteiger partial charge in [0.1, 0.15) is 5.82 Å². The fourth-order valence-electron chi connectivity index (χ4n) is 3.40. The molecule has 2 heterocycles. The van der Waals surface area contributed by atoms with E-state index in [2.05, 4.69) is 34.6 Å². The third-order valence-corrected chi connectivity index (χ3v) is 4.85. The maximum Gasteiger partial charge on any atom is 0.191 e. The molecule has 1 aliphatic rings. The van der Waals surface area contributed by atoms with Gasteiger partial charge in [-0.3, -0.25) is 0 Å². The van der Waals surface area contributed by atoms with Crippen LogP contribution in [-0.4, -0.2) is 47.0 Å². The maximum atomic E-state index is 5.67. The number of hydrogen-bond donors (Lipinski definition) is 2. The van der Waals surface area contributed by atoms with Gasteiger partial charge >= 0.3 is 0 Å². The molecule has 30 heavy (non-hydrogen) atoms. The van der Waals surface area contributed by atoms with E-state index >= 15 is 0 Å². The van der Waals surface area contributed by atoms with Gasteiger partial charge < -0.3 is 20.1 Å². The Morgan fingerprint density at radius 2 is 2.10 bits per heavy atom. The van der Waals surface area contributed by atoms with Crippen LogP contribution < -0.4 is 20.1 Å². The molecule has 9 heteroatoms. The summed E-state index contributed by atoms with van der Waals surface area (Å²) in [7, 11) is 1.65. The van der Waals surface area contributed by atoms with Gasteiger partial charge in [-0.15, -0.1) is 24.0 Å². The summed E-state index contributed by atoms with van der Waals surface area (Å²) in [6.07, 6.45) is 2.82. The predicted molar refractivity (Wildman–Crippen MR) is 129 cm³/mol. The minimum atomic E-state index is 0. The van der Waals surface area contributed by atoms with E-state index in [1.54, 1.807) is 7.11 Å². The number of ether oxygens (including phenoxy) is 2.